The molecule has 38 heavy (non-hydrogen) atoms. The van der Waals surface area contributed by atoms with E-state index in [1.165, 1.54) is 11.3 Å². The van der Waals surface area contributed by atoms with Gasteiger partial charge in [-0.15, -0.1) is 11.3 Å². The highest BCUT2D eigenvalue weighted by molar-refractivity contribution is 7.10. The van der Waals surface area contributed by atoms with Crippen molar-refractivity contribution >= 4 is 39.9 Å². The van der Waals surface area contributed by atoms with Crippen LogP contribution in [0.3, 0.4) is 0 Å². The van der Waals surface area contributed by atoms with Gasteiger partial charge < -0.3 is 15.2 Å². The van der Waals surface area contributed by atoms with Gasteiger partial charge in [0, 0.05) is 60.2 Å². The summed E-state index contributed by atoms with van der Waals surface area (Å²) >= 11 is 1.51. The van der Waals surface area contributed by atoms with Gasteiger partial charge in [0.05, 0.1) is 17.1 Å². The third kappa shape index (κ3) is 4.84. The molecule has 2 N–H and O–H groups in total. The maximum absolute atomic E-state index is 13.0. The number of likely N-dealkylation sites (tertiary alicyclic amines) is 1. The van der Waals surface area contributed by atoms with Gasteiger partial charge in [-0.1, -0.05) is 48.5 Å². The van der Waals surface area contributed by atoms with Gasteiger partial charge in [0.2, 0.25) is 5.91 Å². The molecule has 1 fully saturated rings. The predicted molar refractivity (Wildman–Crippen MR) is 149 cm³/mol. The Morgan fingerprint density at radius 3 is 2.66 bits per heavy atom. The molecule has 2 aromatic carbocycles. The number of piperidine rings is 1. The van der Waals surface area contributed by atoms with Crippen LogP contribution in [0.15, 0.2) is 72.2 Å². The Morgan fingerprint density at radius 1 is 1.08 bits per heavy atom. The van der Waals surface area contributed by atoms with E-state index in [0.717, 1.165) is 45.6 Å². The molecule has 0 atom stereocenters. The molecule has 1 saturated heterocycles. The Balaban J connectivity index is 1.05. The van der Waals surface area contributed by atoms with Crippen LogP contribution in [0.4, 0.5) is 5.82 Å². The van der Waals surface area contributed by atoms with Gasteiger partial charge in [0.15, 0.2) is 0 Å². The molecule has 0 saturated carbocycles. The minimum absolute atomic E-state index is 0.151. The number of hydrogen-bond donors (Lipinski definition) is 2. The molecule has 0 radical (unpaired) electrons. The van der Waals surface area contributed by atoms with E-state index in [2.05, 4.69) is 20.4 Å². The van der Waals surface area contributed by atoms with Crippen molar-refractivity contribution < 1.29 is 9.59 Å². The molecule has 9 heteroatoms. The van der Waals surface area contributed by atoms with Crippen LogP contribution >= 0.6 is 11.3 Å². The van der Waals surface area contributed by atoms with Gasteiger partial charge in [0.25, 0.3) is 5.91 Å². The van der Waals surface area contributed by atoms with E-state index in [4.69, 9.17) is 0 Å². The Morgan fingerprint density at radius 2 is 1.84 bits per heavy atom. The van der Waals surface area contributed by atoms with Crippen LogP contribution in [0.1, 0.15) is 39.8 Å². The molecule has 1 aliphatic rings. The van der Waals surface area contributed by atoms with Crippen LogP contribution < -0.4 is 5.32 Å². The first kappa shape index (κ1) is 24.1. The second-order valence-electron chi connectivity index (χ2n) is 9.62. The topological polar surface area (TPSA) is 95.9 Å². The molecule has 5 aromatic rings. The Bertz CT molecular complexity index is 1590. The molecular weight excluding hydrogens is 496 g/mol. The molecule has 0 bridgehead atoms. The number of aromatic nitrogens is 4. The second-order valence-corrected chi connectivity index (χ2v) is 10.5. The Kier molecular flexibility index (Phi) is 6.51. The number of nitrogens with zero attached hydrogens (tertiary/aromatic N) is 4. The number of rotatable bonds is 6. The standard InChI is InChI=1S/C29H28N6O2S/c1-34-26(16-24(33-34)19-7-3-2-4-8-19)32-28(37)25-18-38-29(31-25)20-11-13-35(14-12-20)27(36)15-21-17-30-23-10-6-5-9-22(21)23/h2-10,16-18,20,30H,11-15H2,1H3,(H,32,37). The molecule has 4 heterocycles. The molecule has 0 unspecified atom stereocenters. The van der Waals surface area contributed by atoms with Crippen LogP contribution in [-0.4, -0.2) is 49.6 Å². The number of hydrogen-bond acceptors (Lipinski definition) is 5. The fourth-order valence-corrected chi connectivity index (χ4v) is 5.99. The van der Waals surface area contributed by atoms with Gasteiger partial charge in [-0.25, -0.2) is 4.98 Å². The monoisotopic (exact) mass is 524 g/mol. The first-order valence-corrected chi connectivity index (χ1v) is 13.6. The molecule has 0 aliphatic carbocycles. The van der Waals surface area contributed by atoms with Gasteiger partial charge in [-0.05, 0) is 24.5 Å². The third-order valence-corrected chi connectivity index (χ3v) is 8.17. The summed E-state index contributed by atoms with van der Waals surface area (Å²) in [5.74, 6) is 0.769. The van der Waals surface area contributed by atoms with E-state index in [-0.39, 0.29) is 17.7 Å². The zero-order valence-electron chi connectivity index (χ0n) is 21.1. The lowest BCUT2D eigenvalue weighted by Crippen LogP contribution is -2.38. The molecule has 2 amide bonds. The van der Waals surface area contributed by atoms with E-state index in [1.54, 1.807) is 4.68 Å². The third-order valence-electron chi connectivity index (χ3n) is 7.16. The summed E-state index contributed by atoms with van der Waals surface area (Å²) in [5.41, 5.74) is 4.29. The average molecular weight is 525 g/mol. The number of para-hydroxylation sites is 1. The van der Waals surface area contributed by atoms with E-state index in [9.17, 15) is 9.59 Å². The maximum Gasteiger partial charge on any atom is 0.276 e. The number of carbonyl (C=O) groups is 2. The number of benzene rings is 2. The van der Waals surface area contributed by atoms with Gasteiger partial charge in [0.1, 0.15) is 11.5 Å². The van der Waals surface area contributed by atoms with Crippen LogP contribution in [0, 0.1) is 0 Å². The van der Waals surface area contributed by atoms with E-state index in [0.29, 0.717) is 31.0 Å². The number of amides is 2. The maximum atomic E-state index is 13.0. The van der Waals surface area contributed by atoms with Crippen molar-refractivity contribution in [3.63, 3.8) is 0 Å². The summed E-state index contributed by atoms with van der Waals surface area (Å²) in [6.45, 7) is 1.40. The number of aryl methyl sites for hydroxylation is 1. The van der Waals surface area contributed by atoms with Crippen LogP contribution in [0.5, 0.6) is 0 Å². The summed E-state index contributed by atoms with van der Waals surface area (Å²) in [6, 6.07) is 19.8. The van der Waals surface area contributed by atoms with E-state index >= 15 is 0 Å². The van der Waals surface area contributed by atoms with Gasteiger partial charge >= 0.3 is 0 Å². The minimum Gasteiger partial charge on any atom is -0.361 e. The zero-order valence-corrected chi connectivity index (χ0v) is 21.9. The van der Waals surface area contributed by atoms with Crippen molar-refractivity contribution in [2.45, 2.75) is 25.2 Å². The number of H-pyrrole nitrogens is 1. The summed E-state index contributed by atoms with van der Waals surface area (Å²) in [4.78, 5) is 35.8. The first-order chi connectivity index (χ1) is 18.5. The lowest BCUT2D eigenvalue weighted by atomic mass is 9.97. The summed E-state index contributed by atoms with van der Waals surface area (Å²) in [7, 11) is 1.81. The molecule has 3 aromatic heterocycles. The Labute approximate surface area is 224 Å². The number of thiazole rings is 1. The fraction of sp³-hybridized carbons (Fsp3) is 0.241. The van der Waals surface area contributed by atoms with Crippen molar-refractivity contribution in [2.24, 2.45) is 7.05 Å². The highest BCUT2D eigenvalue weighted by Gasteiger charge is 2.27. The SMILES string of the molecule is Cn1nc(-c2ccccc2)cc1NC(=O)c1csc(C2CCN(C(=O)Cc3c[nH]c4ccccc34)CC2)n1. The smallest absolute Gasteiger partial charge is 0.276 e. The highest BCUT2D eigenvalue weighted by Crippen LogP contribution is 2.31. The van der Waals surface area contributed by atoms with Crippen LogP contribution in [0.2, 0.25) is 0 Å². The predicted octanol–water partition coefficient (Wildman–Crippen LogP) is 5.23. The van der Waals surface area contributed by atoms with Gasteiger partial charge in [-0.2, -0.15) is 5.10 Å². The minimum atomic E-state index is -0.249. The van der Waals surface area contributed by atoms with Crippen molar-refractivity contribution in [2.75, 3.05) is 18.4 Å². The average Bonchev–Trinajstić information content (AvgIpc) is 3.69. The summed E-state index contributed by atoms with van der Waals surface area (Å²) in [6.07, 6.45) is 4.02. The van der Waals surface area contributed by atoms with E-state index in [1.807, 2.05) is 84.2 Å². The highest BCUT2D eigenvalue weighted by atomic mass is 32.1. The molecular formula is C29H28N6O2S. The number of aromatic amines is 1. The zero-order chi connectivity index (χ0) is 26.1. The first-order valence-electron chi connectivity index (χ1n) is 12.7. The molecule has 8 nitrogen and oxygen atoms in total. The van der Waals surface area contributed by atoms with Crippen molar-refractivity contribution in [1.82, 2.24) is 24.6 Å². The number of fused-ring (bicyclic) bond motifs is 1. The fourth-order valence-electron chi connectivity index (χ4n) is 5.02. The summed E-state index contributed by atoms with van der Waals surface area (Å²) < 4.78 is 1.66. The summed E-state index contributed by atoms with van der Waals surface area (Å²) in [5, 5.41) is 11.3. The van der Waals surface area contributed by atoms with Crippen LogP contribution in [-0.2, 0) is 18.3 Å². The molecule has 192 valence electrons. The largest absolute Gasteiger partial charge is 0.361 e. The lowest BCUT2D eigenvalue weighted by molar-refractivity contribution is -0.131. The molecule has 1 aliphatic heterocycles. The quantitative estimate of drug-likeness (QED) is 0.318. The molecule has 6 rings (SSSR count). The second kappa shape index (κ2) is 10.3. The van der Waals surface area contributed by atoms with E-state index < -0.39 is 0 Å². The number of carbonyl (C=O) groups excluding carboxylic acids is 2. The number of nitrogens with one attached hydrogen (secondary N) is 2. The lowest BCUT2D eigenvalue weighted by Gasteiger charge is -2.31. The van der Waals surface area contributed by atoms with Crippen LogP contribution in [0.25, 0.3) is 22.2 Å². The molecule has 0 spiro atoms. The normalized spacial score (nSPS) is 14.2. The van der Waals surface area contributed by atoms with Gasteiger partial charge in [-0.3, -0.25) is 14.3 Å². The Hall–Kier alpha value is -4.24. The number of anilines is 1. The van der Waals surface area contributed by atoms with Crippen molar-refractivity contribution in [3.8, 4) is 11.3 Å². The van der Waals surface area contributed by atoms with Crippen molar-refractivity contribution in [3.05, 3.63) is 88.5 Å². The van der Waals surface area contributed by atoms with Crippen molar-refractivity contribution in [1.29, 1.82) is 0 Å².